The fourth-order valence-corrected chi connectivity index (χ4v) is 6.74. The minimum Gasteiger partial charge on any atom is -0.462 e. The molecular formula is C26H30N2O6S. The van der Waals surface area contributed by atoms with Gasteiger partial charge in [0.2, 0.25) is 15.9 Å². The van der Waals surface area contributed by atoms with Crippen molar-refractivity contribution in [1.29, 1.82) is 0 Å². The first-order valence-electron chi connectivity index (χ1n) is 12.1. The second-order valence-electron chi connectivity index (χ2n) is 8.85. The van der Waals surface area contributed by atoms with Crippen LogP contribution in [0.4, 0.5) is 5.69 Å². The number of benzene rings is 2. The molecule has 0 radical (unpaired) electrons. The number of rotatable bonds is 7. The molecule has 9 heteroatoms. The van der Waals surface area contributed by atoms with Gasteiger partial charge in [0.1, 0.15) is 6.04 Å². The molecular weight excluding hydrogens is 468 g/mol. The molecule has 1 unspecified atom stereocenters. The summed E-state index contributed by atoms with van der Waals surface area (Å²) in [6, 6.07) is 12.6. The van der Waals surface area contributed by atoms with E-state index in [1.807, 2.05) is 0 Å². The van der Waals surface area contributed by atoms with Crippen molar-refractivity contribution in [3.8, 4) is 0 Å². The van der Waals surface area contributed by atoms with Gasteiger partial charge in [0.15, 0.2) is 0 Å². The van der Waals surface area contributed by atoms with Crippen LogP contribution >= 0.6 is 0 Å². The van der Waals surface area contributed by atoms with Gasteiger partial charge in [-0.2, -0.15) is 4.31 Å². The Labute approximate surface area is 205 Å². The third-order valence-electron chi connectivity index (χ3n) is 6.57. The fraction of sp³-hybridized carbons (Fsp3) is 0.423. The van der Waals surface area contributed by atoms with Gasteiger partial charge < -0.3 is 4.74 Å². The van der Waals surface area contributed by atoms with Gasteiger partial charge in [-0.1, -0.05) is 43.9 Å². The zero-order valence-electron chi connectivity index (χ0n) is 19.8. The van der Waals surface area contributed by atoms with Crippen molar-refractivity contribution in [1.82, 2.24) is 4.31 Å². The SMILES string of the molecule is CCOC(=O)c1ccc(N2C(=O)CC(N(C3CCCCCC3)S(=O)(=O)c3ccccc3)C2=O)cc1. The van der Waals surface area contributed by atoms with E-state index in [9.17, 15) is 22.8 Å². The number of ether oxygens (including phenoxy) is 1. The molecule has 1 aliphatic carbocycles. The Kier molecular flexibility index (Phi) is 7.66. The molecule has 2 fully saturated rings. The largest absolute Gasteiger partial charge is 0.462 e. The number of imide groups is 1. The molecule has 2 aromatic rings. The van der Waals surface area contributed by atoms with Crippen LogP contribution in [0.3, 0.4) is 0 Å². The molecule has 186 valence electrons. The summed E-state index contributed by atoms with van der Waals surface area (Å²) in [4.78, 5) is 39.7. The lowest BCUT2D eigenvalue weighted by atomic mass is 10.1. The standard InChI is InChI=1S/C26H30N2O6S/c1-2-34-26(31)19-14-16-20(17-15-19)27-24(29)18-23(25(27)30)28(21-10-6-3-4-7-11-21)35(32,33)22-12-8-5-9-13-22/h5,8-9,12-17,21,23H,2-4,6-7,10-11,18H2,1H3. The number of anilines is 1. The van der Waals surface area contributed by atoms with Crippen molar-refractivity contribution in [2.75, 3.05) is 11.5 Å². The maximum atomic E-state index is 13.8. The quantitative estimate of drug-likeness (QED) is 0.326. The van der Waals surface area contributed by atoms with Crippen LogP contribution in [0, 0.1) is 0 Å². The summed E-state index contributed by atoms with van der Waals surface area (Å²) in [5.41, 5.74) is 0.603. The van der Waals surface area contributed by atoms with E-state index in [0.29, 0.717) is 24.1 Å². The average molecular weight is 499 g/mol. The second-order valence-corrected chi connectivity index (χ2v) is 10.7. The topological polar surface area (TPSA) is 101 Å². The van der Waals surface area contributed by atoms with Gasteiger partial charge in [0, 0.05) is 6.04 Å². The van der Waals surface area contributed by atoms with Gasteiger partial charge in [-0.25, -0.2) is 18.1 Å². The average Bonchev–Trinajstić information content (AvgIpc) is 3.01. The lowest BCUT2D eigenvalue weighted by Gasteiger charge is -2.33. The van der Waals surface area contributed by atoms with Crippen molar-refractivity contribution in [2.45, 2.75) is 68.8 Å². The number of nitrogens with zero attached hydrogens (tertiary/aromatic N) is 2. The summed E-state index contributed by atoms with van der Waals surface area (Å²) in [7, 11) is -4.01. The van der Waals surface area contributed by atoms with Crippen LogP contribution in [-0.4, -0.2) is 49.2 Å². The van der Waals surface area contributed by atoms with Crippen molar-refractivity contribution in [3.05, 3.63) is 60.2 Å². The van der Waals surface area contributed by atoms with E-state index < -0.39 is 33.8 Å². The number of carbonyl (C=O) groups is 3. The first kappa shape index (κ1) is 25.1. The number of amides is 2. The fourth-order valence-electron chi connectivity index (χ4n) is 4.89. The minimum atomic E-state index is -4.01. The third-order valence-corrected chi connectivity index (χ3v) is 8.55. The summed E-state index contributed by atoms with van der Waals surface area (Å²) in [6.07, 6.45) is 4.87. The molecule has 1 saturated heterocycles. The Morgan fingerprint density at radius 2 is 1.60 bits per heavy atom. The molecule has 2 amide bonds. The molecule has 0 bridgehead atoms. The zero-order valence-corrected chi connectivity index (χ0v) is 20.6. The third kappa shape index (κ3) is 5.16. The molecule has 0 N–H and O–H groups in total. The highest BCUT2D eigenvalue weighted by Crippen LogP contribution is 2.34. The first-order valence-corrected chi connectivity index (χ1v) is 13.5. The van der Waals surface area contributed by atoms with E-state index in [-0.39, 0.29) is 24.0 Å². The Morgan fingerprint density at radius 1 is 0.971 bits per heavy atom. The highest BCUT2D eigenvalue weighted by atomic mass is 32.2. The number of hydrogen-bond donors (Lipinski definition) is 0. The summed E-state index contributed by atoms with van der Waals surface area (Å²) < 4.78 is 33.9. The molecule has 4 rings (SSSR count). The number of esters is 1. The highest BCUT2D eigenvalue weighted by Gasteiger charge is 2.49. The Hall–Kier alpha value is -3.04. The summed E-state index contributed by atoms with van der Waals surface area (Å²) in [6.45, 7) is 1.94. The molecule has 2 aliphatic rings. The lowest BCUT2D eigenvalue weighted by Crippen LogP contribution is -2.50. The molecule has 0 spiro atoms. The Morgan fingerprint density at radius 3 is 2.20 bits per heavy atom. The molecule has 1 heterocycles. The maximum Gasteiger partial charge on any atom is 0.338 e. The van der Waals surface area contributed by atoms with E-state index in [0.717, 1.165) is 30.6 Å². The number of sulfonamides is 1. The van der Waals surface area contributed by atoms with Crippen molar-refractivity contribution < 1.29 is 27.5 Å². The van der Waals surface area contributed by atoms with Crippen LogP contribution in [0.25, 0.3) is 0 Å². The van der Waals surface area contributed by atoms with Crippen LogP contribution < -0.4 is 4.90 Å². The Bertz CT molecular complexity index is 1170. The van der Waals surface area contributed by atoms with E-state index in [1.54, 1.807) is 25.1 Å². The molecule has 8 nitrogen and oxygen atoms in total. The van der Waals surface area contributed by atoms with Gasteiger partial charge >= 0.3 is 5.97 Å². The number of hydrogen-bond acceptors (Lipinski definition) is 6. The predicted molar refractivity (Wildman–Crippen MR) is 130 cm³/mol. The monoisotopic (exact) mass is 498 g/mol. The molecule has 35 heavy (non-hydrogen) atoms. The normalized spacial score (nSPS) is 19.7. The van der Waals surface area contributed by atoms with E-state index in [2.05, 4.69) is 0 Å². The zero-order chi connectivity index (χ0) is 25.0. The van der Waals surface area contributed by atoms with Gasteiger partial charge in [-0.3, -0.25) is 9.59 Å². The van der Waals surface area contributed by atoms with Crippen LogP contribution in [0.2, 0.25) is 0 Å². The van der Waals surface area contributed by atoms with Crippen LogP contribution in [-0.2, 0) is 24.3 Å². The summed E-state index contributed by atoms with van der Waals surface area (Å²) in [5, 5.41) is 0. The van der Waals surface area contributed by atoms with E-state index in [4.69, 9.17) is 4.74 Å². The van der Waals surface area contributed by atoms with Gasteiger partial charge in [-0.15, -0.1) is 0 Å². The molecule has 1 saturated carbocycles. The van der Waals surface area contributed by atoms with Crippen LogP contribution in [0.1, 0.15) is 62.2 Å². The Balaban J connectivity index is 1.67. The molecule has 1 atom stereocenters. The van der Waals surface area contributed by atoms with Gasteiger partial charge in [0.25, 0.3) is 5.91 Å². The lowest BCUT2D eigenvalue weighted by molar-refractivity contribution is -0.122. The van der Waals surface area contributed by atoms with Crippen LogP contribution in [0.15, 0.2) is 59.5 Å². The van der Waals surface area contributed by atoms with Gasteiger partial charge in [-0.05, 0) is 56.2 Å². The van der Waals surface area contributed by atoms with Crippen molar-refractivity contribution in [2.24, 2.45) is 0 Å². The molecule has 1 aliphatic heterocycles. The van der Waals surface area contributed by atoms with Crippen molar-refractivity contribution >= 4 is 33.5 Å². The first-order chi connectivity index (χ1) is 16.8. The maximum absolute atomic E-state index is 13.8. The number of carbonyl (C=O) groups excluding carboxylic acids is 3. The summed E-state index contributed by atoms with van der Waals surface area (Å²) >= 11 is 0. The van der Waals surface area contributed by atoms with Crippen LogP contribution in [0.5, 0.6) is 0 Å². The van der Waals surface area contributed by atoms with Crippen molar-refractivity contribution in [3.63, 3.8) is 0 Å². The van der Waals surface area contributed by atoms with Gasteiger partial charge in [0.05, 0.1) is 29.2 Å². The minimum absolute atomic E-state index is 0.113. The summed E-state index contributed by atoms with van der Waals surface area (Å²) in [5.74, 6) is -1.53. The molecule has 0 aromatic heterocycles. The smallest absolute Gasteiger partial charge is 0.338 e. The molecule has 2 aromatic carbocycles. The second kappa shape index (κ2) is 10.7. The predicted octanol–water partition coefficient (Wildman–Crippen LogP) is 3.91. The van der Waals surface area contributed by atoms with E-state index >= 15 is 0 Å². The van der Waals surface area contributed by atoms with E-state index in [1.165, 1.54) is 40.7 Å². The highest BCUT2D eigenvalue weighted by molar-refractivity contribution is 7.89.